The van der Waals surface area contributed by atoms with Gasteiger partial charge in [0.05, 0.1) is 63.0 Å². The Bertz CT molecular complexity index is 2820. The number of allylic oxidation sites excluding steroid dienone is 1. The third-order valence-electron chi connectivity index (χ3n) is 14.6. The number of fused-ring (bicyclic) bond motifs is 2. The van der Waals surface area contributed by atoms with Crippen LogP contribution in [0.1, 0.15) is 68.4 Å². The number of hydrazine groups is 1. The topological polar surface area (TPSA) is 225 Å². The molecule has 0 saturated carbocycles. The Morgan fingerprint density at radius 3 is 1.85 bits per heavy atom. The second kappa shape index (κ2) is 26.8. The highest BCUT2D eigenvalue weighted by atomic mass is 19.4. The summed E-state index contributed by atoms with van der Waals surface area (Å²) in [6.07, 6.45) is -13.2. The quantitative estimate of drug-likeness (QED) is 0.0312. The zero-order chi connectivity index (χ0) is 60.5. The Kier molecular flexibility index (Phi) is 20.9. The van der Waals surface area contributed by atoms with Crippen LogP contribution in [-0.2, 0) is 36.8 Å². The van der Waals surface area contributed by atoms with E-state index < -0.39 is 121 Å². The van der Waals surface area contributed by atoms with Crippen LogP contribution in [0.3, 0.4) is 0 Å². The lowest BCUT2D eigenvalue weighted by Crippen LogP contribution is -2.63. The van der Waals surface area contributed by atoms with E-state index in [4.69, 9.17) is 10.5 Å². The maximum Gasteiger partial charge on any atom is 0.407 e. The first-order chi connectivity index (χ1) is 38.4. The van der Waals surface area contributed by atoms with Crippen molar-refractivity contribution in [2.24, 2.45) is 21.6 Å². The summed E-state index contributed by atoms with van der Waals surface area (Å²) in [5.74, 6) is 0.815. The van der Waals surface area contributed by atoms with E-state index in [2.05, 4.69) is 46.4 Å². The number of hydrogen-bond donors (Lipinski definition) is 6. The van der Waals surface area contributed by atoms with Crippen molar-refractivity contribution in [1.29, 1.82) is 0 Å². The molecular formula is C54H64F10N10O8. The van der Waals surface area contributed by atoms with Crippen LogP contribution in [0.4, 0.5) is 59.3 Å². The van der Waals surface area contributed by atoms with Gasteiger partial charge in [0.15, 0.2) is 0 Å². The van der Waals surface area contributed by atoms with Gasteiger partial charge in [-0.3, -0.25) is 24.9 Å². The maximum absolute atomic E-state index is 16.0. The maximum atomic E-state index is 16.0. The van der Waals surface area contributed by atoms with Crippen LogP contribution in [-0.4, -0.2) is 165 Å². The third-order valence-corrected chi connectivity index (χ3v) is 14.6. The fourth-order valence-electron chi connectivity index (χ4n) is 9.47. The number of aliphatic hydroxyl groups excluding tert-OH is 1. The van der Waals surface area contributed by atoms with Gasteiger partial charge in [-0.2, -0.15) is 26.3 Å². The molecule has 2 bridgehead atoms. The first-order valence-corrected chi connectivity index (χ1v) is 25.7. The molecule has 3 aliphatic rings. The molecule has 3 aromatic rings. The lowest BCUT2D eigenvalue weighted by Gasteiger charge is -2.47. The second-order valence-corrected chi connectivity index (χ2v) is 21.0. The predicted octanol–water partition coefficient (Wildman–Crippen LogP) is 5.99. The summed E-state index contributed by atoms with van der Waals surface area (Å²) in [5.41, 5.74) is 1.46. The summed E-state index contributed by atoms with van der Waals surface area (Å²) in [6.45, 7) is 2.26. The highest BCUT2D eigenvalue weighted by Crippen LogP contribution is 2.42. The number of rotatable bonds is 21. The van der Waals surface area contributed by atoms with Crippen LogP contribution >= 0.6 is 0 Å². The number of alkyl halides is 8. The summed E-state index contributed by atoms with van der Waals surface area (Å²) >= 11 is 0. The highest BCUT2D eigenvalue weighted by Gasteiger charge is 2.57. The molecular weight excluding hydrogens is 1110 g/mol. The number of pyridine rings is 1. The van der Waals surface area contributed by atoms with Crippen LogP contribution in [0.25, 0.3) is 5.70 Å². The van der Waals surface area contributed by atoms with E-state index in [1.165, 1.54) is 12.1 Å². The number of benzene rings is 2. The summed E-state index contributed by atoms with van der Waals surface area (Å²) < 4.78 is 159. The van der Waals surface area contributed by atoms with Crippen molar-refractivity contribution in [1.82, 2.24) is 36.3 Å². The SMILES string of the molecule is COC(=O)N[C@H](C(=O)N[C@@H](Cc1ccc(C#Cc2ccc(N3CC4CCC(C3)N4C3COC3)nc2)cc1)[C@@H](O)CN(Cc1c(F)cc(C(N)=CC=NCC(F)F)cc1F)NC(=O)[C@@H](NC(=O)OC)C(C)(C)C(F)(F)F)C(C)(C)C(F)(F)F. The monoisotopic (exact) mass is 1170 g/mol. The first-order valence-electron chi connectivity index (χ1n) is 25.7. The number of ether oxygens (including phenoxy) is 3. The number of carbonyl (C=O) groups excluding carboxylic acids is 4. The number of piperazine rings is 1. The number of nitrogens with one attached hydrogen (secondary N) is 4. The molecule has 1 aromatic heterocycles. The molecule has 28 heteroatoms. The largest absolute Gasteiger partial charge is 0.453 e. The fourth-order valence-corrected chi connectivity index (χ4v) is 9.47. The molecule has 3 fully saturated rings. The number of aromatic nitrogens is 1. The molecule has 6 rings (SSSR count). The summed E-state index contributed by atoms with van der Waals surface area (Å²) in [6, 6.07) is 5.62. The van der Waals surface area contributed by atoms with Gasteiger partial charge in [-0.1, -0.05) is 24.0 Å². The van der Waals surface area contributed by atoms with E-state index in [9.17, 15) is 59.4 Å². The van der Waals surface area contributed by atoms with Crippen LogP contribution in [0, 0.1) is 34.3 Å². The molecule has 0 spiro atoms. The van der Waals surface area contributed by atoms with Gasteiger partial charge in [-0.25, -0.2) is 37.1 Å². The molecule has 448 valence electrons. The Balaban J connectivity index is 1.31. The smallest absolute Gasteiger partial charge is 0.407 e. The van der Waals surface area contributed by atoms with Gasteiger partial charge in [0.1, 0.15) is 29.5 Å². The van der Waals surface area contributed by atoms with Crippen molar-refractivity contribution in [2.45, 2.75) is 115 Å². The van der Waals surface area contributed by atoms with E-state index in [0.717, 1.165) is 71.5 Å². The lowest BCUT2D eigenvalue weighted by molar-refractivity contribution is -0.221. The average molecular weight is 1170 g/mol. The van der Waals surface area contributed by atoms with E-state index in [1.807, 2.05) is 22.9 Å². The van der Waals surface area contributed by atoms with Crippen molar-refractivity contribution < 1.29 is 82.4 Å². The molecule has 0 radical (unpaired) electrons. The fraction of sp³-hybridized carbons (Fsp3) is 0.519. The normalized spacial score (nSPS) is 18.7. The zero-order valence-corrected chi connectivity index (χ0v) is 45.4. The Hall–Kier alpha value is -7.22. The summed E-state index contributed by atoms with van der Waals surface area (Å²) in [5, 5.41) is 18.5. The molecule has 0 aliphatic carbocycles. The van der Waals surface area contributed by atoms with Crippen molar-refractivity contribution in [3.63, 3.8) is 0 Å². The van der Waals surface area contributed by atoms with Crippen LogP contribution < -0.4 is 32.0 Å². The number of nitrogens with zero attached hydrogens (tertiary/aromatic N) is 5. The molecule has 82 heavy (non-hydrogen) atoms. The molecule has 4 heterocycles. The molecule has 4 amide bonds. The van der Waals surface area contributed by atoms with Gasteiger partial charge in [0.2, 0.25) is 5.91 Å². The zero-order valence-electron chi connectivity index (χ0n) is 45.4. The highest BCUT2D eigenvalue weighted by molar-refractivity contribution is 5.87. The van der Waals surface area contributed by atoms with Gasteiger partial charge in [-0.15, -0.1) is 0 Å². The molecule has 18 nitrogen and oxygen atoms in total. The minimum atomic E-state index is -5.23. The predicted molar refractivity (Wildman–Crippen MR) is 279 cm³/mol. The number of halogens is 10. The summed E-state index contributed by atoms with van der Waals surface area (Å²) in [7, 11) is 1.60. The summed E-state index contributed by atoms with van der Waals surface area (Å²) in [4.78, 5) is 65.8. The van der Waals surface area contributed by atoms with Gasteiger partial charge < -0.3 is 45.9 Å². The standard InChI is InChI=1S/C54H64F10N10O8/c1-51(2,53(59,60)61)45(69-49(78)80-5)47(76)68-41(19-31-10-7-30(8-11-31)9-12-32-13-16-44(67-22-32)72-24-34-14-15-35(25-72)74(34)36-28-82-29-36)42(75)27-73(71-48(77)46(70-50(79)81-6)52(3,4)54(62,63)64)26-37-38(55)20-33(21-39(37)56)40(65)17-18-66-23-43(57)58/h7-8,10-11,13,16-18,20-22,34-36,41-43,45-46,75H,14-15,19,23-29,65H2,1-6H3,(H,68,76)(H,69,78)(H,70,79)(H,71,77)/t34?,35?,41-,42-,45+,46+/m0/s1. The van der Waals surface area contributed by atoms with E-state index in [-0.39, 0.29) is 16.8 Å². The van der Waals surface area contributed by atoms with Gasteiger partial charge in [0, 0.05) is 78.6 Å². The molecule has 3 saturated heterocycles. The second-order valence-electron chi connectivity index (χ2n) is 21.0. The van der Waals surface area contributed by atoms with Crippen molar-refractivity contribution >= 4 is 41.7 Å². The number of aliphatic imine (C=N–C) groups is 1. The number of anilines is 1. The number of alkyl carbamates (subject to hydrolysis) is 2. The van der Waals surface area contributed by atoms with Gasteiger partial charge in [0.25, 0.3) is 12.3 Å². The first kappa shape index (κ1) is 64.0. The molecule has 2 unspecified atom stereocenters. The van der Waals surface area contributed by atoms with Crippen LogP contribution in [0.5, 0.6) is 0 Å². The van der Waals surface area contributed by atoms with E-state index >= 15 is 8.78 Å². The minimum Gasteiger partial charge on any atom is -0.453 e. The molecule has 7 N–H and O–H groups in total. The van der Waals surface area contributed by atoms with Gasteiger partial charge in [-0.05, 0) is 95.0 Å². The van der Waals surface area contributed by atoms with Crippen molar-refractivity contribution in [3.8, 4) is 11.8 Å². The number of amides is 4. The average Bonchev–Trinajstić information content (AvgIpc) is 3.89. The van der Waals surface area contributed by atoms with Crippen molar-refractivity contribution in [2.75, 3.05) is 58.5 Å². The van der Waals surface area contributed by atoms with Crippen molar-refractivity contribution in [3.05, 3.63) is 100 Å². The van der Waals surface area contributed by atoms with E-state index in [1.54, 1.807) is 23.6 Å². The van der Waals surface area contributed by atoms with Crippen LogP contribution in [0.15, 0.2) is 65.8 Å². The van der Waals surface area contributed by atoms with Gasteiger partial charge >= 0.3 is 24.5 Å². The number of nitrogens with two attached hydrogens (primary N) is 1. The number of methoxy groups -OCH3 is 2. The van der Waals surface area contributed by atoms with E-state index in [0.29, 0.717) is 74.1 Å². The Morgan fingerprint density at radius 1 is 0.829 bits per heavy atom. The van der Waals surface area contributed by atoms with Crippen LogP contribution in [0.2, 0.25) is 0 Å². The Morgan fingerprint density at radius 2 is 1.37 bits per heavy atom. The number of aliphatic hydroxyl groups is 1. The lowest BCUT2D eigenvalue weighted by atomic mass is 9.82. The molecule has 2 aromatic carbocycles. The third kappa shape index (κ3) is 15.9. The molecule has 3 aliphatic heterocycles. The Labute approximate surface area is 466 Å². The molecule has 6 atom stereocenters. The number of carbonyl (C=O) groups is 4. The number of hydrogen-bond acceptors (Lipinski definition) is 14. The minimum absolute atomic E-state index is 0.273.